The molecule has 4 nitrogen and oxygen atoms in total. The zero-order valence-corrected chi connectivity index (χ0v) is 13.0. The van der Waals surface area contributed by atoms with Gasteiger partial charge in [0.1, 0.15) is 11.3 Å². The minimum atomic E-state index is -0.381. The van der Waals surface area contributed by atoms with Gasteiger partial charge in [0, 0.05) is 10.0 Å². The normalized spacial score (nSPS) is 10.3. The first-order valence-corrected chi connectivity index (χ1v) is 6.84. The lowest BCUT2D eigenvalue weighted by Crippen LogP contribution is -2.13. The van der Waals surface area contributed by atoms with Crippen LogP contribution in [0.2, 0.25) is 15.2 Å². The van der Waals surface area contributed by atoms with Crippen LogP contribution in [0.15, 0.2) is 29.0 Å². The molecule has 2 rings (SSSR count). The van der Waals surface area contributed by atoms with Crippen LogP contribution in [0.4, 0.5) is 5.82 Å². The Morgan fingerprint density at radius 2 is 1.95 bits per heavy atom. The largest absolute Gasteiger partial charge is 0.305 e. The Balaban J connectivity index is 2.26. The topological polar surface area (TPSA) is 54.9 Å². The summed E-state index contributed by atoms with van der Waals surface area (Å²) in [6.45, 7) is 0. The Hall–Kier alpha value is -0.880. The molecule has 0 aliphatic heterocycles. The summed E-state index contributed by atoms with van der Waals surface area (Å²) < 4.78 is 0.619. The molecule has 0 aliphatic carbocycles. The Kier molecular flexibility index (Phi) is 4.62. The summed E-state index contributed by atoms with van der Waals surface area (Å²) in [6.07, 6.45) is 1.21. The second-order valence-corrected chi connectivity index (χ2v) is 5.41. The molecule has 1 amide bonds. The number of nitrogens with zero attached hydrogens (tertiary/aromatic N) is 2. The maximum Gasteiger partial charge on any atom is 0.256 e. The summed E-state index contributed by atoms with van der Waals surface area (Å²) >= 11 is 20.7. The number of nitrogens with one attached hydrogen (secondary N) is 1. The van der Waals surface area contributed by atoms with Crippen LogP contribution < -0.4 is 5.32 Å². The predicted molar refractivity (Wildman–Crippen MR) is 79.2 cm³/mol. The average Bonchev–Trinajstić information content (AvgIpc) is 2.38. The first kappa shape index (κ1) is 14.5. The van der Waals surface area contributed by atoms with Crippen molar-refractivity contribution in [1.82, 2.24) is 9.97 Å². The van der Waals surface area contributed by atoms with Gasteiger partial charge in [-0.2, -0.15) is 0 Å². The number of rotatable bonds is 2. The number of halogens is 4. The molecule has 0 unspecified atom stereocenters. The van der Waals surface area contributed by atoms with E-state index in [-0.39, 0.29) is 21.9 Å². The van der Waals surface area contributed by atoms with Gasteiger partial charge in [-0.15, -0.1) is 0 Å². The van der Waals surface area contributed by atoms with E-state index in [4.69, 9.17) is 34.8 Å². The monoisotopic (exact) mass is 379 g/mol. The summed E-state index contributed by atoms with van der Waals surface area (Å²) in [4.78, 5) is 19.5. The van der Waals surface area contributed by atoms with Crippen LogP contribution >= 0.6 is 50.7 Å². The summed E-state index contributed by atoms with van der Waals surface area (Å²) in [5, 5.41) is 3.22. The Labute approximate surface area is 132 Å². The maximum absolute atomic E-state index is 12.0. The second kappa shape index (κ2) is 6.05. The lowest BCUT2D eigenvalue weighted by molar-refractivity contribution is 0.102. The molecule has 1 heterocycles. The van der Waals surface area contributed by atoms with E-state index in [0.29, 0.717) is 15.1 Å². The van der Waals surface area contributed by atoms with Gasteiger partial charge in [0.25, 0.3) is 5.91 Å². The molecule has 0 aliphatic rings. The van der Waals surface area contributed by atoms with Crippen LogP contribution in [0.25, 0.3) is 0 Å². The van der Waals surface area contributed by atoms with Gasteiger partial charge in [0.15, 0.2) is 11.0 Å². The van der Waals surface area contributed by atoms with Gasteiger partial charge in [0.2, 0.25) is 0 Å². The fourth-order valence-electron chi connectivity index (χ4n) is 1.25. The zero-order valence-electron chi connectivity index (χ0n) is 9.12. The van der Waals surface area contributed by atoms with E-state index in [2.05, 4.69) is 31.2 Å². The van der Waals surface area contributed by atoms with Crippen LogP contribution in [0.3, 0.4) is 0 Å². The van der Waals surface area contributed by atoms with E-state index in [0.717, 1.165) is 0 Å². The SMILES string of the molecule is O=C(Nc1ncnc(Cl)c1Cl)c1ccc(Cl)c(Br)c1. The van der Waals surface area contributed by atoms with Crippen molar-refractivity contribution in [2.24, 2.45) is 0 Å². The lowest BCUT2D eigenvalue weighted by atomic mass is 10.2. The molecule has 8 heteroatoms. The molecule has 0 saturated carbocycles. The van der Waals surface area contributed by atoms with Gasteiger partial charge in [0.05, 0.1) is 5.02 Å². The summed E-state index contributed by atoms with van der Waals surface area (Å²) in [5.74, 6) is -0.230. The minimum absolute atomic E-state index is 0.0734. The van der Waals surface area contributed by atoms with Crippen molar-refractivity contribution >= 4 is 62.5 Å². The average molecular weight is 381 g/mol. The maximum atomic E-state index is 12.0. The number of carbonyl (C=O) groups excluding carboxylic acids is 1. The van der Waals surface area contributed by atoms with Crippen molar-refractivity contribution in [2.45, 2.75) is 0 Å². The highest BCUT2D eigenvalue weighted by Gasteiger charge is 2.13. The van der Waals surface area contributed by atoms with Crippen molar-refractivity contribution in [1.29, 1.82) is 0 Å². The highest BCUT2D eigenvalue weighted by molar-refractivity contribution is 9.10. The summed E-state index contributed by atoms with van der Waals surface area (Å²) in [5.41, 5.74) is 0.405. The van der Waals surface area contributed by atoms with Gasteiger partial charge in [-0.3, -0.25) is 4.79 Å². The van der Waals surface area contributed by atoms with Crippen molar-refractivity contribution < 1.29 is 4.79 Å². The van der Waals surface area contributed by atoms with E-state index in [1.54, 1.807) is 18.2 Å². The van der Waals surface area contributed by atoms with Gasteiger partial charge in [-0.25, -0.2) is 9.97 Å². The number of hydrogen-bond acceptors (Lipinski definition) is 3. The van der Waals surface area contributed by atoms with E-state index in [9.17, 15) is 4.79 Å². The third kappa shape index (κ3) is 3.36. The number of anilines is 1. The molecule has 2 aromatic rings. The molecule has 19 heavy (non-hydrogen) atoms. The van der Waals surface area contributed by atoms with Crippen LogP contribution in [0.5, 0.6) is 0 Å². The fourth-order valence-corrected chi connectivity index (χ4v) is 2.03. The van der Waals surface area contributed by atoms with Crippen molar-refractivity contribution in [2.75, 3.05) is 5.32 Å². The van der Waals surface area contributed by atoms with E-state index >= 15 is 0 Å². The molecule has 0 saturated heterocycles. The van der Waals surface area contributed by atoms with Crippen molar-refractivity contribution in [3.8, 4) is 0 Å². The minimum Gasteiger partial charge on any atom is -0.305 e. The van der Waals surface area contributed by atoms with E-state index in [1.165, 1.54) is 6.33 Å². The van der Waals surface area contributed by atoms with Gasteiger partial charge < -0.3 is 5.32 Å². The first-order valence-electron chi connectivity index (χ1n) is 4.91. The summed E-state index contributed by atoms with van der Waals surface area (Å²) in [6, 6.07) is 4.78. The standard InChI is InChI=1S/C11H5BrCl3N3O/c12-6-3-5(1-2-7(6)13)11(19)18-10-8(14)9(15)16-4-17-10/h1-4H,(H,16,17,18,19). The fraction of sp³-hybridized carbons (Fsp3) is 0. The second-order valence-electron chi connectivity index (χ2n) is 3.41. The smallest absolute Gasteiger partial charge is 0.256 e. The molecule has 1 aromatic carbocycles. The highest BCUT2D eigenvalue weighted by Crippen LogP contribution is 2.27. The Morgan fingerprint density at radius 3 is 2.63 bits per heavy atom. The van der Waals surface area contributed by atoms with Crippen LogP contribution in [0, 0.1) is 0 Å². The molecule has 0 bridgehead atoms. The molecule has 1 aromatic heterocycles. The first-order chi connectivity index (χ1) is 8.99. The molecular formula is C11H5BrCl3N3O. The number of aromatic nitrogens is 2. The van der Waals surface area contributed by atoms with Crippen LogP contribution in [-0.4, -0.2) is 15.9 Å². The molecule has 0 spiro atoms. The van der Waals surface area contributed by atoms with Gasteiger partial charge >= 0.3 is 0 Å². The third-order valence-corrected chi connectivity index (χ3v) is 4.12. The van der Waals surface area contributed by atoms with Crippen molar-refractivity contribution in [3.05, 3.63) is 49.8 Å². The molecule has 1 N–H and O–H groups in total. The Morgan fingerprint density at radius 1 is 1.21 bits per heavy atom. The Bertz CT molecular complexity index is 651. The van der Waals surface area contributed by atoms with Gasteiger partial charge in [-0.1, -0.05) is 34.8 Å². The molecule has 0 fully saturated rings. The predicted octanol–water partition coefficient (Wildman–Crippen LogP) is 4.45. The third-order valence-electron chi connectivity index (χ3n) is 2.16. The molecule has 0 radical (unpaired) electrons. The lowest BCUT2D eigenvalue weighted by Gasteiger charge is -2.07. The van der Waals surface area contributed by atoms with Crippen LogP contribution in [0.1, 0.15) is 10.4 Å². The van der Waals surface area contributed by atoms with Crippen LogP contribution in [-0.2, 0) is 0 Å². The molecule has 98 valence electrons. The number of carbonyl (C=O) groups is 1. The molecular weight excluding hydrogens is 376 g/mol. The summed E-state index contributed by atoms with van der Waals surface area (Å²) in [7, 11) is 0. The number of hydrogen-bond donors (Lipinski definition) is 1. The van der Waals surface area contributed by atoms with E-state index < -0.39 is 0 Å². The van der Waals surface area contributed by atoms with Crippen molar-refractivity contribution in [3.63, 3.8) is 0 Å². The quantitative estimate of drug-likeness (QED) is 0.782. The van der Waals surface area contributed by atoms with E-state index in [1.807, 2.05) is 0 Å². The number of amides is 1. The number of benzene rings is 1. The zero-order chi connectivity index (χ0) is 14.0. The van der Waals surface area contributed by atoms with Gasteiger partial charge in [-0.05, 0) is 34.1 Å². The molecule has 0 atom stereocenters. The highest BCUT2D eigenvalue weighted by atomic mass is 79.9.